The number of esters is 1. The normalized spacial score (nSPS) is 12.2. The van der Waals surface area contributed by atoms with Crippen LogP contribution in [0.4, 0.5) is 0 Å². The molecule has 98 valence electrons. The second-order valence-electron chi connectivity index (χ2n) is 4.26. The van der Waals surface area contributed by atoms with E-state index in [2.05, 4.69) is 4.98 Å². The van der Waals surface area contributed by atoms with Crippen LogP contribution in [0.25, 0.3) is 0 Å². The van der Waals surface area contributed by atoms with Crippen LogP contribution in [0.3, 0.4) is 0 Å². The minimum absolute atomic E-state index is 0.112. The van der Waals surface area contributed by atoms with E-state index in [9.17, 15) is 14.7 Å². The number of aromatic nitrogens is 1. The number of carbonyl (C=O) groups is 2. The molecule has 18 heavy (non-hydrogen) atoms. The first-order chi connectivity index (χ1) is 8.49. The highest BCUT2D eigenvalue weighted by Crippen LogP contribution is 2.16. The fraction of sp³-hybridized carbons (Fsp3) is 0.462. The van der Waals surface area contributed by atoms with E-state index in [1.165, 1.54) is 6.20 Å². The third-order valence-electron chi connectivity index (χ3n) is 2.20. The maximum atomic E-state index is 11.5. The average molecular weight is 251 g/mol. The second kappa shape index (κ2) is 6.86. The molecule has 0 spiro atoms. The minimum Gasteiger partial charge on any atom is -0.463 e. The third kappa shape index (κ3) is 5.05. The zero-order valence-corrected chi connectivity index (χ0v) is 10.5. The first-order valence-corrected chi connectivity index (χ1v) is 5.78. The van der Waals surface area contributed by atoms with Crippen LogP contribution < -0.4 is 0 Å². The standard InChI is InChI=1S/C13H17NO4/c1-9(2)18-13(17)7-11(15)6-12(16)10-4-3-5-14-8-10/h3-5,8-9,12,16H,6-7H2,1-2H3/t12-/m0/s1. The fourth-order valence-electron chi connectivity index (χ4n) is 1.44. The van der Waals surface area contributed by atoms with Gasteiger partial charge in [0.15, 0.2) is 0 Å². The zero-order valence-electron chi connectivity index (χ0n) is 10.5. The summed E-state index contributed by atoms with van der Waals surface area (Å²) in [6.45, 7) is 3.43. The first kappa shape index (κ1) is 14.3. The Labute approximate surface area is 106 Å². The lowest BCUT2D eigenvalue weighted by molar-refractivity contribution is -0.149. The number of aliphatic hydroxyl groups is 1. The molecule has 5 heteroatoms. The van der Waals surface area contributed by atoms with Crippen LogP contribution in [0.1, 0.15) is 38.4 Å². The number of ketones is 1. The molecule has 0 aliphatic heterocycles. The number of aliphatic hydroxyl groups excluding tert-OH is 1. The predicted molar refractivity (Wildman–Crippen MR) is 64.7 cm³/mol. The number of ether oxygens (including phenoxy) is 1. The second-order valence-corrected chi connectivity index (χ2v) is 4.26. The van der Waals surface area contributed by atoms with Crippen molar-refractivity contribution < 1.29 is 19.4 Å². The zero-order chi connectivity index (χ0) is 13.5. The van der Waals surface area contributed by atoms with Crippen molar-refractivity contribution in [1.82, 2.24) is 4.98 Å². The molecule has 1 aromatic heterocycles. The molecule has 1 rings (SSSR count). The number of nitrogens with zero attached hydrogens (tertiary/aromatic N) is 1. The molecular weight excluding hydrogens is 234 g/mol. The molecule has 0 amide bonds. The highest BCUT2D eigenvalue weighted by molar-refractivity contribution is 5.95. The summed E-state index contributed by atoms with van der Waals surface area (Å²) >= 11 is 0. The molecule has 0 unspecified atom stereocenters. The molecule has 5 nitrogen and oxygen atoms in total. The largest absolute Gasteiger partial charge is 0.463 e. The summed E-state index contributed by atoms with van der Waals surface area (Å²) in [5.41, 5.74) is 0.558. The molecule has 1 aromatic rings. The monoisotopic (exact) mass is 251 g/mol. The molecule has 0 fully saturated rings. The van der Waals surface area contributed by atoms with Gasteiger partial charge in [-0.05, 0) is 25.5 Å². The SMILES string of the molecule is CC(C)OC(=O)CC(=O)C[C@H](O)c1cccnc1. The number of rotatable bonds is 6. The molecule has 1 N–H and O–H groups in total. The van der Waals surface area contributed by atoms with Crippen molar-refractivity contribution in [3.05, 3.63) is 30.1 Å². The van der Waals surface area contributed by atoms with Gasteiger partial charge in [-0.2, -0.15) is 0 Å². The van der Waals surface area contributed by atoms with E-state index < -0.39 is 12.1 Å². The maximum absolute atomic E-state index is 11.5. The van der Waals surface area contributed by atoms with Crippen LogP contribution in [0.15, 0.2) is 24.5 Å². The Morgan fingerprint density at radius 2 is 2.17 bits per heavy atom. The molecule has 0 saturated carbocycles. The Kier molecular flexibility index (Phi) is 5.45. The predicted octanol–water partition coefficient (Wildman–Crippen LogP) is 1.42. The van der Waals surface area contributed by atoms with Gasteiger partial charge in [-0.3, -0.25) is 14.6 Å². The smallest absolute Gasteiger partial charge is 0.313 e. The van der Waals surface area contributed by atoms with Crippen LogP contribution in [0, 0.1) is 0 Å². The van der Waals surface area contributed by atoms with E-state index in [-0.39, 0.29) is 24.7 Å². The van der Waals surface area contributed by atoms with Crippen LogP contribution in [0.5, 0.6) is 0 Å². The molecule has 0 aromatic carbocycles. The van der Waals surface area contributed by atoms with Gasteiger partial charge in [0.25, 0.3) is 0 Å². The molecule has 1 heterocycles. The number of hydrogen-bond donors (Lipinski definition) is 1. The first-order valence-electron chi connectivity index (χ1n) is 5.78. The quantitative estimate of drug-likeness (QED) is 0.611. The molecule has 0 saturated heterocycles. The van der Waals surface area contributed by atoms with E-state index in [0.29, 0.717) is 5.56 Å². The minimum atomic E-state index is -0.932. The molecule has 0 bridgehead atoms. The van der Waals surface area contributed by atoms with E-state index >= 15 is 0 Å². The summed E-state index contributed by atoms with van der Waals surface area (Å²) in [4.78, 5) is 26.6. The summed E-state index contributed by atoms with van der Waals surface area (Å²) in [5, 5.41) is 9.77. The van der Waals surface area contributed by atoms with Crippen molar-refractivity contribution in [2.45, 2.75) is 38.9 Å². The van der Waals surface area contributed by atoms with Gasteiger partial charge in [0.05, 0.1) is 12.2 Å². The van der Waals surface area contributed by atoms with Crippen LogP contribution in [-0.2, 0) is 14.3 Å². The lowest BCUT2D eigenvalue weighted by Gasteiger charge is -2.10. The Bertz CT molecular complexity index is 403. The highest BCUT2D eigenvalue weighted by Gasteiger charge is 2.17. The third-order valence-corrected chi connectivity index (χ3v) is 2.20. The maximum Gasteiger partial charge on any atom is 0.313 e. The van der Waals surface area contributed by atoms with Gasteiger partial charge in [0.2, 0.25) is 0 Å². The van der Waals surface area contributed by atoms with Gasteiger partial charge in [-0.1, -0.05) is 6.07 Å². The van der Waals surface area contributed by atoms with Gasteiger partial charge in [0, 0.05) is 18.8 Å². The van der Waals surface area contributed by atoms with E-state index in [4.69, 9.17) is 4.74 Å². The van der Waals surface area contributed by atoms with Crippen LogP contribution in [-0.4, -0.2) is 27.9 Å². The van der Waals surface area contributed by atoms with Crippen molar-refractivity contribution in [1.29, 1.82) is 0 Å². The Balaban J connectivity index is 2.43. The van der Waals surface area contributed by atoms with Crippen molar-refractivity contribution in [3.8, 4) is 0 Å². The Hall–Kier alpha value is -1.75. The van der Waals surface area contributed by atoms with Crippen LogP contribution >= 0.6 is 0 Å². The number of hydrogen-bond acceptors (Lipinski definition) is 5. The van der Waals surface area contributed by atoms with Gasteiger partial charge in [-0.15, -0.1) is 0 Å². The van der Waals surface area contributed by atoms with Gasteiger partial charge in [0.1, 0.15) is 12.2 Å². The molecule has 0 radical (unpaired) electrons. The van der Waals surface area contributed by atoms with Gasteiger partial charge in [-0.25, -0.2) is 0 Å². The summed E-state index contributed by atoms with van der Waals surface area (Å²) in [6, 6.07) is 3.35. The molecular formula is C13H17NO4. The lowest BCUT2D eigenvalue weighted by Crippen LogP contribution is -2.17. The number of carbonyl (C=O) groups excluding carboxylic acids is 2. The van der Waals surface area contributed by atoms with Crippen molar-refractivity contribution in [2.24, 2.45) is 0 Å². The summed E-state index contributed by atoms with van der Waals surface area (Å²) < 4.78 is 4.85. The van der Waals surface area contributed by atoms with Crippen molar-refractivity contribution >= 4 is 11.8 Å². The summed E-state index contributed by atoms with van der Waals surface area (Å²) in [7, 11) is 0. The number of Topliss-reactive ketones (excluding diaryl/α,β-unsaturated/α-hetero) is 1. The molecule has 1 atom stereocenters. The van der Waals surface area contributed by atoms with E-state index in [1.807, 2.05) is 0 Å². The van der Waals surface area contributed by atoms with E-state index in [0.717, 1.165) is 0 Å². The number of pyridine rings is 1. The van der Waals surface area contributed by atoms with Crippen molar-refractivity contribution in [3.63, 3.8) is 0 Å². The van der Waals surface area contributed by atoms with Gasteiger partial charge >= 0.3 is 5.97 Å². The van der Waals surface area contributed by atoms with Crippen LogP contribution in [0.2, 0.25) is 0 Å². The molecule has 0 aliphatic carbocycles. The Morgan fingerprint density at radius 1 is 1.44 bits per heavy atom. The molecule has 0 aliphatic rings. The summed E-state index contributed by atoms with van der Waals surface area (Å²) in [6.07, 6.45) is 1.48. The van der Waals surface area contributed by atoms with Crippen molar-refractivity contribution in [2.75, 3.05) is 0 Å². The highest BCUT2D eigenvalue weighted by atomic mass is 16.5. The van der Waals surface area contributed by atoms with Gasteiger partial charge < -0.3 is 9.84 Å². The average Bonchev–Trinajstić information content (AvgIpc) is 2.28. The Morgan fingerprint density at radius 3 is 2.72 bits per heavy atom. The topological polar surface area (TPSA) is 76.5 Å². The summed E-state index contributed by atoms with van der Waals surface area (Å²) in [5.74, 6) is -0.912. The lowest BCUT2D eigenvalue weighted by atomic mass is 10.0. The fourth-order valence-corrected chi connectivity index (χ4v) is 1.44. The van der Waals surface area contributed by atoms with E-state index in [1.54, 1.807) is 32.2 Å².